The van der Waals surface area contributed by atoms with Crippen molar-refractivity contribution in [1.82, 2.24) is 5.32 Å². The summed E-state index contributed by atoms with van der Waals surface area (Å²) in [5.41, 5.74) is 2.20. The first kappa shape index (κ1) is 12.1. The fourth-order valence-corrected chi connectivity index (χ4v) is 1.44. The zero-order chi connectivity index (χ0) is 11.1. The van der Waals surface area contributed by atoms with E-state index in [1.165, 1.54) is 0 Å². The Balaban J connectivity index is 2.40. The lowest BCUT2D eigenvalue weighted by atomic mass is 10.1. The number of hydrogen-bond donors (Lipinski definition) is 1. The van der Waals surface area contributed by atoms with Crippen LogP contribution in [0, 0.1) is 0 Å². The second-order valence-corrected chi connectivity index (χ2v) is 3.74. The van der Waals surface area contributed by atoms with Crippen LogP contribution in [0.1, 0.15) is 30.9 Å². The zero-order valence-corrected chi connectivity index (χ0v) is 9.68. The summed E-state index contributed by atoms with van der Waals surface area (Å²) in [7, 11) is 0. The van der Waals surface area contributed by atoms with E-state index in [0.29, 0.717) is 18.8 Å². The van der Waals surface area contributed by atoms with Crippen molar-refractivity contribution >= 4 is 17.5 Å². The molecule has 3 heteroatoms. The van der Waals surface area contributed by atoms with Crippen molar-refractivity contribution in [3.05, 3.63) is 35.4 Å². The molecule has 0 aliphatic heterocycles. The standard InChI is InChI=1S/C12H16ClNO/c1-2-3-12(15)14-9-11-6-4-10(8-13)5-7-11/h4-7H,2-3,8-9H2,1H3,(H,14,15). The molecule has 2 nitrogen and oxygen atoms in total. The number of hydrogen-bond acceptors (Lipinski definition) is 1. The van der Waals surface area contributed by atoms with E-state index in [-0.39, 0.29) is 5.91 Å². The number of benzene rings is 1. The first-order valence-corrected chi connectivity index (χ1v) is 5.70. The minimum absolute atomic E-state index is 0.110. The molecule has 0 aliphatic rings. The first-order chi connectivity index (χ1) is 7.26. The van der Waals surface area contributed by atoms with Gasteiger partial charge < -0.3 is 5.32 Å². The summed E-state index contributed by atoms with van der Waals surface area (Å²) in [6, 6.07) is 7.94. The number of alkyl halides is 1. The summed E-state index contributed by atoms with van der Waals surface area (Å²) in [6.07, 6.45) is 1.48. The molecule has 0 spiro atoms. The normalized spacial score (nSPS) is 10.0. The van der Waals surface area contributed by atoms with Crippen LogP contribution in [-0.2, 0) is 17.2 Å². The van der Waals surface area contributed by atoms with Gasteiger partial charge in [-0.3, -0.25) is 4.79 Å². The van der Waals surface area contributed by atoms with Crippen LogP contribution in [0.3, 0.4) is 0 Å². The fourth-order valence-electron chi connectivity index (χ4n) is 1.26. The maximum Gasteiger partial charge on any atom is 0.220 e. The molecule has 0 aliphatic carbocycles. The van der Waals surface area contributed by atoms with E-state index < -0.39 is 0 Å². The van der Waals surface area contributed by atoms with E-state index in [0.717, 1.165) is 17.5 Å². The van der Waals surface area contributed by atoms with E-state index in [4.69, 9.17) is 11.6 Å². The highest BCUT2D eigenvalue weighted by molar-refractivity contribution is 6.17. The van der Waals surface area contributed by atoms with Crippen LogP contribution < -0.4 is 5.32 Å². The molecule has 0 radical (unpaired) electrons. The Morgan fingerprint density at radius 2 is 1.87 bits per heavy atom. The van der Waals surface area contributed by atoms with Gasteiger partial charge in [-0.2, -0.15) is 0 Å². The van der Waals surface area contributed by atoms with Crippen LogP contribution in [0.2, 0.25) is 0 Å². The minimum Gasteiger partial charge on any atom is -0.352 e. The Bertz CT molecular complexity index is 308. The van der Waals surface area contributed by atoms with Crippen LogP contribution >= 0.6 is 11.6 Å². The molecule has 1 aromatic carbocycles. The summed E-state index contributed by atoms with van der Waals surface area (Å²) >= 11 is 5.68. The molecule has 1 aromatic rings. The maximum absolute atomic E-state index is 11.2. The molecular weight excluding hydrogens is 210 g/mol. The lowest BCUT2D eigenvalue weighted by Crippen LogP contribution is -2.21. The second kappa shape index (κ2) is 6.46. The number of nitrogens with one attached hydrogen (secondary N) is 1. The Morgan fingerprint density at radius 3 is 2.40 bits per heavy atom. The first-order valence-electron chi connectivity index (χ1n) is 5.16. The number of carbonyl (C=O) groups excluding carboxylic acids is 1. The molecule has 0 saturated carbocycles. The third-order valence-corrected chi connectivity index (χ3v) is 2.45. The van der Waals surface area contributed by atoms with Crippen molar-refractivity contribution < 1.29 is 4.79 Å². The summed E-state index contributed by atoms with van der Waals surface area (Å²) < 4.78 is 0. The molecule has 0 bridgehead atoms. The van der Waals surface area contributed by atoms with Crippen molar-refractivity contribution in [3.63, 3.8) is 0 Å². The molecular formula is C12H16ClNO. The van der Waals surface area contributed by atoms with E-state index in [2.05, 4.69) is 5.32 Å². The zero-order valence-electron chi connectivity index (χ0n) is 8.92. The molecule has 0 saturated heterocycles. The summed E-state index contributed by atoms with van der Waals surface area (Å²) in [6.45, 7) is 2.59. The Labute approximate surface area is 95.6 Å². The molecule has 1 amide bonds. The third kappa shape index (κ3) is 4.34. The average Bonchev–Trinajstić information content (AvgIpc) is 2.27. The molecule has 0 unspecified atom stereocenters. The average molecular weight is 226 g/mol. The molecule has 82 valence electrons. The Kier molecular flexibility index (Phi) is 5.19. The molecule has 1 rings (SSSR count). The SMILES string of the molecule is CCCC(=O)NCc1ccc(CCl)cc1. The lowest BCUT2D eigenvalue weighted by molar-refractivity contribution is -0.121. The maximum atomic E-state index is 11.2. The molecule has 0 fully saturated rings. The predicted molar refractivity (Wildman–Crippen MR) is 62.8 cm³/mol. The number of carbonyl (C=O) groups is 1. The number of halogens is 1. The molecule has 0 aromatic heterocycles. The van der Waals surface area contributed by atoms with E-state index in [9.17, 15) is 4.79 Å². The lowest BCUT2D eigenvalue weighted by Gasteiger charge is -2.04. The van der Waals surface area contributed by atoms with Crippen molar-refractivity contribution in [3.8, 4) is 0 Å². The number of amides is 1. The van der Waals surface area contributed by atoms with Gasteiger partial charge in [0.2, 0.25) is 5.91 Å². The molecule has 1 N–H and O–H groups in total. The second-order valence-electron chi connectivity index (χ2n) is 3.48. The third-order valence-electron chi connectivity index (χ3n) is 2.14. The Hall–Kier alpha value is -1.02. The van der Waals surface area contributed by atoms with Crippen molar-refractivity contribution in [2.24, 2.45) is 0 Å². The highest BCUT2D eigenvalue weighted by Gasteiger charge is 1.99. The van der Waals surface area contributed by atoms with Crippen molar-refractivity contribution in [2.45, 2.75) is 32.2 Å². The summed E-state index contributed by atoms with van der Waals surface area (Å²) in [5.74, 6) is 0.640. The van der Waals surface area contributed by atoms with Crippen LogP contribution in [0.4, 0.5) is 0 Å². The van der Waals surface area contributed by atoms with E-state index in [1.807, 2.05) is 31.2 Å². The topological polar surface area (TPSA) is 29.1 Å². The van der Waals surface area contributed by atoms with Crippen molar-refractivity contribution in [1.29, 1.82) is 0 Å². The van der Waals surface area contributed by atoms with Gasteiger partial charge in [0.1, 0.15) is 0 Å². The van der Waals surface area contributed by atoms with Crippen LogP contribution in [-0.4, -0.2) is 5.91 Å². The fraction of sp³-hybridized carbons (Fsp3) is 0.417. The van der Waals surface area contributed by atoms with Gasteiger partial charge in [0, 0.05) is 18.8 Å². The predicted octanol–water partition coefficient (Wildman–Crippen LogP) is 2.84. The molecule has 0 atom stereocenters. The summed E-state index contributed by atoms with van der Waals surface area (Å²) in [4.78, 5) is 11.2. The van der Waals surface area contributed by atoms with Gasteiger partial charge in [0.15, 0.2) is 0 Å². The van der Waals surface area contributed by atoms with Gasteiger partial charge in [0.05, 0.1) is 0 Å². The summed E-state index contributed by atoms with van der Waals surface area (Å²) in [5, 5.41) is 2.87. The highest BCUT2D eigenvalue weighted by Crippen LogP contribution is 2.06. The van der Waals surface area contributed by atoms with Gasteiger partial charge in [-0.15, -0.1) is 11.6 Å². The molecule has 0 heterocycles. The molecule has 15 heavy (non-hydrogen) atoms. The van der Waals surface area contributed by atoms with Gasteiger partial charge in [-0.25, -0.2) is 0 Å². The van der Waals surface area contributed by atoms with Gasteiger partial charge in [-0.1, -0.05) is 31.2 Å². The van der Waals surface area contributed by atoms with Gasteiger partial charge in [-0.05, 0) is 17.5 Å². The quantitative estimate of drug-likeness (QED) is 0.768. The van der Waals surface area contributed by atoms with E-state index >= 15 is 0 Å². The largest absolute Gasteiger partial charge is 0.352 e. The van der Waals surface area contributed by atoms with Crippen LogP contribution in [0.5, 0.6) is 0 Å². The smallest absolute Gasteiger partial charge is 0.220 e. The number of rotatable bonds is 5. The van der Waals surface area contributed by atoms with Crippen molar-refractivity contribution in [2.75, 3.05) is 0 Å². The van der Waals surface area contributed by atoms with Gasteiger partial charge >= 0.3 is 0 Å². The highest BCUT2D eigenvalue weighted by atomic mass is 35.5. The Morgan fingerprint density at radius 1 is 1.27 bits per heavy atom. The monoisotopic (exact) mass is 225 g/mol. The minimum atomic E-state index is 0.110. The van der Waals surface area contributed by atoms with Gasteiger partial charge in [0.25, 0.3) is 0 Å². The van der Waals surface area contributed by atoms with Crippen LogP contribution in [0.25, 0.3) is 0 Å². The van der Waals surface area contributed by atoms with Crippen LogP contribution in [0.15, 0.2) is 24.3 Å². The van der Waals surface area contributed by atoms with E-state index in [1.54, 1.807) is 0 Å².